The largest absolute Gasteiger partial charge is 0.512 e. The third kappa shape index (κ3) is 2.06. The standard InChI is InChI=1S/C14H20O2/c1-8-7-9(2)14(16-6)11(4)13(8)10(3)12(5)15/h7,15H,1-6H3/b12-10-. The summed E-state index contributed by atoms with van der Waals surface area (Å²) in [5.74, 6) is 1.26. The molecule has 0 aliphatic carbocycles. The van der Waals surface area contributed by atoms with Gasteiger partial charge in [-0.25, -0.2) is 0 Å². The van der Waals surface area contributed by atoms with Gasteiger partial charge in [0.05, 0.1) is 12.9 Å². The maximum absolute atomic E-state index is 9.59. The molecule has 88 valence electrons. The molecular weight excluding hydrogens is 200 g/mol. The Balaban J connectivity index is 3.58. The van der Waals surface area contributed by atoms with Gasteiger partial charge in [-0.1, -0.05) is 6.07 Å². The van der Waals surface area contributed by atoms with Gasteiger partial charge in [0.15, 0.2) is 0 Å². The van der Waals surface area contributed by atoms with Crippen LogP contribution in [0, 0.1) is 20.8 Å². The molecule has 0 radical (unpaired) electrons. The van der Waals surface area contributed by atoms with Gasteiger partial charge in [0, 0.05) is 0 Å². The first-order chi connectivity index (χ1) is 7.40. The number of aliphatic hydroxyl groups is 1. The number of hydrogen-bond acceptors (Lipinski definition) is 2. The number of ether oxygens (including phenoxy) is 1. The highest BCUT2D eigenvalue weighted by Gasteiger charge is 2.13. The van der Waals surface area contributed by atoms with Gasteiger partial charge >= 0.3 is 0 Å². The van der Waals surface area contributed by atoms with Gasteiger partial charge in [-0.05, 0) is 62.4 Å². The molecule has 0 aliphatic heterocycles. The van der Waals surface area contributed by atoms with Gasteiger partial charge in [-0.15, -0.1) is 0 Å². The number of rotatable bonds is 2. The Labute approximate surface area is 97.6 Å². The molecule has 0 spiro atoms. The minimum atomic E-state index is 0.358. The van der Waals surface area contributed by atoms with Crippen LogP contribution in [0.3, 0.4) is 0 Å². The number of aryl methyl sites for hydroxylation is 2. The highest BCUT2D eigenvalue weighted by molar-refractivity contribution is 5.73. The number of methoxy groups -OCH3 is 1. The molecule has 0 bridgehead atoms. The molecule has 0 saturated heterocycles. The highest BCUT2D eigenvalue weighted by Crippen LogP contribution is 2.33. The molecule has 0 aromatic heterocycles. The molecule has 0 unspecified atom stereocenters. The van der Waals surface area contributed by atoms with Gasteiger partial charge in [-0.3, -0.25) is 0 Å². The van der Waals surface area contributed by atoms with Crippen LogP contribution in [0.5, 0.6) is 5.75 Å². The Morgan fingerprint density at radius 2 is 1.69 bits per heavy atom. The van der Waals surface area contributed by atoms with Crippen LogP contribution < -0.4 is 4.74 Å². The lowest BCUT2D eigenvalue weighted by Gasteiger charge is -2.17. The van der Waals surface area contributed by atoms with Crippen molar-refractivity contribution in [1.29, 1.82) is 0 Å². The summed E-state index contributed by atoms with van der Waals surface area (Å²) in [6.07, 6.45) is 0. The Kier molecular flexibility index (Phi) is 3.63. The van der Waals surface area contributed by atoms with Crippen LogP contribution in [0.2, 0.25) is 0 Å². The summed E-state index contributed by atoms with van der Waals surface area (Å²) in [4.78, 5) is 0. The molecule has 1 N–H and O–H groups in total. The quantitative estimate of drug-likeness (QED) is 0.765. The fourth-order valence-corrected chi connectivity index (χ4v) is 2.24. The zero-order valence-corrected chi connectivity index (χ0v) is 10.9. The second-order valence-corrected chi connectivity index (χ2v) is 4.25. The molecule has 1 aromatic rings. The van der Waals surface area contributed by atoms with E-state index in [-0.39, 0.29) is 0 Å². The SMILES string of the molecule is COc1c(C)cc(C)c(/C(C)=C(/C)O)c1C. The van der Waals surface area contributed by atoms with E-state index in [2.05, 4.69) is 13.0 Å². The van der Waals surface area contributed by atoms with E-state index >= 15 is 0 Å². The van der Waals surface area contributed by atoms with Crippen molar-refractivity contribution >= 4 is 5.57 Å². The Morgan fingerprint density at radius 1 is 1.12 bits per heavy atom. The first-order valence-electron chi connectivity index (χ1n) is 5.41. The van der Waals surface area contributed by atoms with Crippen LogP contribution in [0.15, 0.2) is 11.8 Å². The molecule has 1 aromatic carbocycles. The predicted molar refractivity (Wildman–Crippen MR) is 68.1 cm³/mol. The van der Waals surface area contributed by atoms with Crippen molar-refractivity contribution in [2.24, 2.45) is 0 Å². The summed E-state index contributed by atoms with van der Waals surface area (Å²) in [6.45, 7) is 9.76. The van der Waals surface area contributed by atoms with E-state index in [1.807, 2.05) is 20.8 Å². The number of hydrogen-bond donors (Lipinski definition) is 1. The van der Waals surface area contributed by atoms with Crippen molar-refractivity contribution in [2.75, 3.05) is 7.11 Å². The molecule has 0 saturated carbocycles. The molecule has 1 rings (SSSR count). The summed E-state index contributed by atoms with van der Waals surface area (Å²) in [6, 6.07) is 2.09. The monoisotopic (exact) mass is 220 g/mol. The third-order valence-corrected chi connectivity index (χ3v) is 3.02. The Morgan fingerprint density at radius 3 is 2.12 bits per heavy atom. The topological polar surface area (TPSA) is 29.5 Å². The van der Waals surface area contributed by atoms with Crippen molar-refractivity contribution in [3.8, 4) is 5.75 Å². The van der Waals surface area contributed by atoms with Crippen molar-refractivity contribution in [3.63, 3.8) is 0 Å². The molecule has 0 aliphatic rings. The number of allylic oxidation sites excluding steroid dienone is 2. The summed E-state index contributed by atoms with van der Waals surface area (Å²) >= 11 is 0. The van der Waals surface area contributed by atoms with Gasteiger partial charge in [0.25, 0.3) is 0 Å². The van der Waals surface area contributed by atoms with Crippen LogP contribution in [-0.2, 0) is 0 Å². The van der Waals surface area contributed by atoms with Crippen LogP contribution in [0.25, 0.3) is 5.57 Å². The molecule has 2 heteroatoms. The first-order valence-corrected chi connectivity index (χ1v) is 5.41. The second kappa shape index (κ2) is 4.60. The highest BCUT2D eigenvalue weighted by atomic mass is 16.5. The van der Waals surface area contributed by atoms with Crippen molar-refractivity contribution in [3.05, 3.63) is 34.1 Å². The average molecular weight is 220 g/mol. The molecule has 0 atom stereocenters. The molecule has 0 fully saturated rings. The summed E-state index contributed by atoms with van der Waals surface area (Å²) in [5, 5.41) is 9.59. The molecular formula is C14H20O2. The molecule has 16 heavy (non-hydrogen) atoms. The normalized spacial score (nSPS) is 12.4. The molecule has 2 nitrogen and oxygen atoms in total. The van der Waals surface area contributed by atoms with Crippen molar-refractivity contribution < 1.29 is 9.84 Å². The lowest BCUT2D eigenvalue weighted by Crippen LogP contribution is -1.99. The lowest BCUT2D eigenvalue weighted by atomic mass is 9.93. The van der Waals surface area contributed by atoms with E-state index in [1.54, 1.807) is 14.0 Å². The van der Waals surface area contributed by atoms with Gasteiger partial charge in [0.2, 0.25) is 0 Å². The van der Waals surface area contributed by atoms with Crippen LogP contribution in [0.4, 0.5) is 0 Å². The van der Waals surface area contributed by atoms with Gasteiger partial charge in [0.1, 0.15) is 5.75 Å². The van der Waals surface area contributed by atoms with Gasteiger partial charge in [-0.2, -0.15) is 0 Å². The van der Waals surface area contributed by atoms with Gasteiger partial charge < -0.3 is 9.84 Å². The minimum Gasteiger partial charge on any atom is -0.512 e. The predicted octanol–water partition coefficient (Wildman–Crippen LogP) is 3.93. The van der Waals surface area contributed by atoms with Crippen LogP contribution in [0.1, 0.15) is 36.1 Å². The minimum absolute atomic E-state index is 0.358. The zero-order valence-electron chi connectivity index (χ0n) is 10.9. The molecule has 0 amide bonds. The summed E-state index contributed by atoms with van der Waals surface area (Å²) < 4.78 is 5.40. The maximum Gasteiger partial charge on any atom is 0.125 e. The number of benzene rings is 1. The van der Waals surface area contributed by atoms with E-state index in [0.29, 0.717) is 5.76 Å². The average Bonchev–Trinajstić information content (AvgIpc) is 2.17. The fourth-order valence-electron chi connectivity index (χ4n) is 2.24. The van der Waals surface area contributed by atoms with E-state index in [0.717, 1.165) is 28.0 Å². The Hall–Kier alpha value is -1.44. The molecule has 0 heterocycles. The first kappa shape index (κ1) is 12.6. The van der Waals surface area contributed by atoms with Crippen molar-refractivity contribution in [2.45, 2.75) is 34.6 Å². The zero-order chi connectivity index (χ0) is 12.5. The van der Waals surface area contributed by atoms with Crippen molar-refractivity contribution in [1.82, 2.24) is 0 Å². The van der Waals surface area contributed by atoms with E-state index in [1.165, 1.54) is 5.56 Å². The smallest absolute Gasteiger partial charge is 0.125 e. The van der Waals surface area contributed by atoms with E-state index in [9.17, 15) is 5.11 Å². The van der Waals surface area contributed by atoms with E-state index < -0.39 is 0 Å². The number of aliphatic hydroxyl groups excluding tert-OH is 1. The van der Waals surface area contributed by atoms with Crippen LogP contribution >= 0.6 is 0 Å². The third-order valence-electron chi connectivity index (χ3n) is 3.02. The Bertz CT molecular complexity index is 439. The lowest BCUT2D eigenvalue weighted by molar-refractivity contribution is 0.407. The van der Waals surface area contributed by atoms with E-state index in [4.69, 9.17) is 4.74 Å². The second-order valence-electron chi connectivity index (χ2n) is 4.25. The summed E-state index contributed by atoms with van der Waals surface area (Å²) in [7, 11) is 1.68. The van der Waals surface area contributed by atoms with Crippen LogP contribution in [-0.4, -0.2) is 12.2 Å². The summed E-state index contributed by atoms with van der Waals surface area (Å²) in [5.41, 5.74) is 5.38. The fraction of sp³-hybridized carbons (Fsp3) is 0.429. The maximum atomic E-state index is 9.59.